The molecule has 0 bridgehead atoms. The van der Waals surface area contributed by atoms with Crippen LogP contribution in [0, 0.1) is 0 Å². The highest BCUT2D eigenvalue weighted by Gasteiger charge is 2.04. The molecule has 0 unspecified atom stereocenters. The quantitative estimate of drug-likeness (QED) is 0.242. The summed E-state index contributed by atoms with van der Waals surface area (Å²) >= 11 is 6.16. The Morgan fingerprint density at radius 2 is 1.86 bits per heavy atom. The van der Waals surface area contributed by atoms with Gasteiger partial charge in [-0.15, -0.1) is 0 Å². The Bertz CT molecular complexity index is 990. The van der Waals surface area contributed by atoms with Crippen LogP contribution in [0.1, 0.15) is 25.3 Å². The molecule has 0 fully saturated rings. The number of hydrogen-bond donors (Lipinski definition) is 1. The molecule has 29 heavy (non-hydrogen) atoms. The van der Waals surface area contributed by atoms with Gasteiger partial charge in [0.05, 0.1) is 18.3 Å². The smallest absolute Gasteiger partial charge is 0.277 e. The number of para-hydroxylation sites is 1. The molecule has 2 aromatic carbocycles. The Morgan fingerprint density at radius 1 is 1.14 bits per heavy atom. The van der Waals surface area contributed by atoms with Crippen LogP contribution in [0.2, 0.25) is 5.15 Å². The lowest BCUT2D eigenvalue weighted by atomic mass is 10.2. The number of fused-ring (bicyclic) bond motifs is 1. The van der Waals surface area contributed by atoms with E-state index in [2.05, 4.69) is 22.4 Å². The van der Waals surface area contributed by atoms with Crippen LogP contribution in [0.5, 0.6) is 11.5 Å². The van der Waals surface area contributed by atoms with Gasteiger partial charge in [-0.2, -0.15) is 5.10 Å². The highest BCUT2D eigenvalue weighted by molar-refractivity contribution is 6.32. The SMILES string of the molecule is CCCCOc1ccc(OCC(=O)N/N=C\c2cc3ccccc3nc2Cl)cc1. The lowest BCUT2D eigenvalue weighted by Crippen LogP contribution is -2.24. The van der Waals surface area contributed by atoms with E-state index < -0.39 is 0 Å². The van der Waals surface area contributed by atoms with Crippen LogP contribution in [0.25, 0.3) is 10.9 Å². The second-order valence-corrected chi connectivity index (χ2v) is 6.67. The molecule has 3 rings (SSSR count). The van der Waals surface area contributed by atoms with E-state index in [-0.39, 0.29) is 12.5 Å². The van der Waals surface area contributed by atoms with Crippen LogP contribution in [0.4, 0.5) is 0 Å². The number of nitrogens with zero attached hydrogens (tertiary/aromatic N) is 2. The van der Waals surface area contributed by atoms with E-state index >= 15 is 0 Å². The highest BCUT2D eigenvalue weighted by Crippen LogP contribution is 2.19. The lowest BCUT2D eigenvalue weighted by molar-refractivity contribution is -0.123. The summed E-state index contributed by atoms with van der Waals surface area (Å²) in [4.78, 5) is 16.2. The van der Waals surface area contributed by atoms with Gasteiger partial charge in [-0.3, -0.25) is 4.79 Å². The van der Waals surface area contributed by atoms with Crippen molar-refractivity contribution < 1.29 is 14.3 Å². The van der Waals surface area contributed by atoms with Gasteiger partial charge in [-0.05, 0) is 42.8 Å². The number of benzene rings is 2. The molecule has 1 aromatic heterocycles. The molecule has 1 N–H and O–H groups in total. The summed E-state index contributed by atoms with van der Waals surface area (Å²) in [5.41, 5.74) is 3.83. The van der Waals surface area contributed by atoms with E-state index in [1.54, 1.807) is 12.1 Å². The number of amides is 1. The first-order valence-electron chi connectivity index (χ1n) is 9.38. The third-order valence-electron chi connectivity index (χ3n) is 4.06. The van der Waals surface area contributed by atoms with Crippen molar-refractivity contribution in [3.8, 4) is 11.5 Å². The van der Waals surface area contributed by atoms with Crippen molar-refractivity contribution >= 4 is 34.6 Å². The fraction of sp³-hybridized carbons (Fsp3) is 0.227. The van der Waals surface area contributed by atoms with Crippen molar-refractivity contribution in [2.24, 2.45) is 5.10 Å². The fourth-order valence-corrected chi connectivity index (χ4v) is 2.72. The second-order valence-electron chi connectivity index (χ2n) is 6.32. The van der Waals surface area contributed by atoms with E-state index in [0.29, 0.717) is 23.1 Å². The zero-order valence-corrected chi connectivity index (χ0v) is 16.9. The Balaban J connectivity index is 1.48. The van der Waals surface area contributed by atoms with Crippen molar-refractivity contribution in [3.63, 3.8) is 0 Å². The number of carbonyl (C=O) groups is 1. The first kappa shape index (κ1) is 20.6. The first-order chi connectivity index (χ1) is 14.2. The third-order valence-corrected chi connectivity index (χ3v) is 4.36. The van der Waals surface area contributed by atoms with E-state index in [9.17, 15) is 4.79 Å². The molecule has 150 valence electrons. The Hall–Kier alpha value is -3.12. The summed E-state index contributed by atoms with van der Waals surface area (Å²) in [6.45, 7) is 2.65. The number of halogens is 1. The van der Waals surface area contributed by atoms with Crippen molar-refractivity contribution in [1.29, 1.82) is 0 Å². The summed E-state index contributed by atoms with van der Waals surface area (Å²) in [5.74, 6) is 0.976. The maximum atomic E-state index is 11.9. The fourth-order valence-electron chi connectivity index (χ4n) is 2.52. The maximum Gasteiger partial charge on any atom is 0.277 e. The third kappa shape index (κ3) is 6.19. The summed E-state index contributed by atoms with van der Waals surface area (Å²) in [7, 11) is 0. The minimum absolute atomic E-state index is 0.156. The lowest BCUT2D eigenvalue weighted by Gasteiger charge is -2.08. The minimum atomic E-state index is -0.380. The Kier molecular flexibility index (Phi) is 7.41. The van der Waals surface area contributed by atoms with Gasteiger partial charge in [-0.25, -0.2) is 10.4 Å². The normalized spacial score (nSPS) is 11.0. The largest absolute Gasteiger partial charge is 0.494 e. The van der Waals surface area contributed by atoms with Crippen LogP contribution in [-0.2, 0) is 4.79 Å². The highest BCUT2D eigenvalue weighted by atomic mass is 35.5. The predicted octanol–water partition coefficient (Wildman–Crippen LogP) is 4.60. The molecule has 1 heterocycles. The Labute approximate surface area is 174 Å². The average Bonchev–Trinajstić information content (AvgIpc) is 2.74. The number of ether oxygens (including phenoxy) is 2. The Morgan fingerprint density at radius 3 is 2.62 bits per heavy atom. The monoisotopic (exact) mass is 411 g/mol. The van der Waals surface area contributed by atoms with Crippen LogP contribution in [0.3, 0.4) is 0 Å². The zero-order valence-electron chi connectivity index (χ0n) is 16.1. The van der Waals surface area contributed by atoms with Gasteiger partial charge in [-0.1, -0.05) is 43.1 Å². The van der Waals surface area contributed by atoms with Crippen molar-refractivity contribution in [2.75, 3.05) is 13.2 Å². The number of hydrazone groups is 1. The molecular formula is C22H22ClN3O3. The molecule has 0 aliphatic carbocycles. The van der Waals surface area contributed by atoms with Crippen LogP contribution in [0.15, 0.2) is 59.7 Å². The molecule has 0 aliphatic rings. The van der Waals surface area contributed by atoms with Gasteiger partial charge in [0.1, 0.15) is 16.7 Å². The van der Waals surface area contributed by atoms with Crippen molar-refractivity contribution in [3.05, 3.63) is 65.3 Å². The number of rotatable bonds is 9. The number of carbonyl (C=O) groups excluding carboxylic acids is 1. The molecule has 0 spiro atoms. The predicted molar refractivity (Wildman–Crippen MR) is 115 cm³/mol. The zero-order chi connectivity index (χ0) is 20.5. The second kappa shape index (κ2) is 10.4. The van der Waals surface area contributed by atoms with Gasteiger partial charge >= 0.3 is 0 Å². The molecule has 0 saturated carbocycles. The standard InChI is InChI=1S/C22H22ClN3O3/c1-2-3-12-28-18-8-10-19(11-9-18)29-15-21(27)26-24-14-17-13-16-6-4-5-7-20(16)25-22(17)23/h4-11,13-14H,2-3,12,15H2,1H3,(H,26,27)/b24-14-. The molecule has 1 amide bonds. The van der Waals surface area contributed by atoms with Gasteiger partial charge < -0.3 is 9.47 Å². The van der Waals surface area contributed by atoms with Crippen LogP contribution < -0.4 is 14.9 Å². The number of aromatic nitrogens is 1. The molecule has 0 saturated heterocycles. The summed E-state index contributed by atoms with van der Waals surface area (Å²) in [6.07, 6.45) is 3.56. The molecule has 0 aliphatic heterocycles. The van der Waals surface area contributed by atoms with Gasteiger partial charge in [0.2, 0.25) is 0 Å². The minimum Gasteiger partial charge on any atom is -0.494 e. The summed E-state index contributed by atoms with van der Waals surface area (Å²) in [5, 5.41) is 5.19. The van der Waals surface area contributed by atoms with E-state index in [1.807, 2.05) is 42.5 Å². The molecule has 0 radical (unpaired) electrons. The van der Waals surface area contributed by atoms with Crippen LogP contribution in [-0.4, -0.2) is 30.3 Å². The molecule has 7 heteroatoms. The summed E-state index contributed by atoms with van der Waals surface area (Å²) in [6, 6.07) is 16.6. The number of unbranched alkanes of at least 4 members (excludes halogenated alkanes) is 1. The first-order valence-corrected chi connectivity index (χ1v) is 9.76. The van der Waals surface area contributed by atoms with E-state index in [1.165, 1.54) is 6.21 Å². The number of hydrogen-bond acceptors (Lipinski definition) is 5. The maximum absolute atomic E-state index is 11.9. The van der Waals surface area contributed by atoms with Gasteiger partial charge in [0.25, 0.3) is 5.91 Å². The molecule has 0 atom stereocenters. The average molecular weight is 412 g/mol. The van der Waals surface area contributed by atoms with Crippen molar-refractivity contribution in [2.45, 2.75) is 19.8 Å². The van der Waals surface area contributed by atoms with E-state index in [4.69, 9.17) is 21.1 Å². The molecular weight excluding hydrogens is 390 g/mol. The number of nitrogens with one attached hydrogen (secondary N) is 1. The topological polar surface area (TPSA) is 72.8 Å². The summed E-state index contributed by atoms with van der Waals surface area (Å²) < 4.78 is 11.0. The van der Waals surface area contributed by atoms with Crippen molar-refractivity contribution in [1.82, 2.24) is 10.4 Å². The van der Waals surface area contributed by atoms with E-state index in [0.717, 1.165) is 29.5 Å². The molecule has 6 nitrogen and oxygen atoms in total. The molecule has 3 aromatic rings. The van der Waals surface area contributed by atoms with Crippen LogP contribution >= 0.6 is 11.6 Å². The number of pyridine rings is 1. The van der Waals surface area contributed by atoms with Gasteiger partial charge in [0, 0.05) is 10.9 Å². The van der Waals surface area contributed by atoms with Gasteiger partial charge in [0.15, 0.2) is 6.61 Å².